The number of hydrogen-bond acceptors (Lipinski definition) is 4. The van der Waals surface area contributed by atoms with Crippen LogP contribution in [0.3, 0.4) is 0 Å². The highest BCUT2D eigenvalue weighted by Crippen LogP contribution is 2.43. The fourth-order valence-corrected chi connectivity index (χ4v) is 9.81. The Balaban J connectivity index is 1.16. The zero-order chi connectivity index (χ0) is 37.5. The second kappa shape index (κ2) is 12.6. The van der Waals surface area contributed by atoms with Gasteiger partial charge in [-0.2, -0.15) is 0 Å². The maximum atomic E-state index is 5.32. The summed E-state index contributed by atoms with van der Waals surface area (Å²) in [5.74, 6) is 1.89. The van der Waals surface area contributed by atoms with Gasteiger partial charge in [0.2, 0.25) is 0 Å². The van der Waals surface area contributed by atoms with Gasteiger partial charge >= 0.3 is 0 Å². The van der Waals surface area contributed by atoms with E-state index in [1.807, 2.05) is 18.2 Å². The van der Waals surface area contributed by atoms with Gasteiger partial charge in [-0.3, -0.25) is 0 Å². The lowest BCUT2D eigenvalue weighted by molar-refractivity contribution is 1.06. The summed E-state index contributed by atoms with van der Waals surface area (Å²) in [6, 6.07) is 66.6. The molecule has 0 aliphatic rings. The van der Waals surface area contributed by atoms with Crippen LogP contribution in [0.1, 0.15) is 0 Å². The number of rotatable bonds is 5. The molecule has 0 bridgehead atoms. The normalized spacial score (nSPS) is 11.9. The molecule has 57 heavy (non-hydrogen) atoms. The first kappa shape index (κ1) is 31.9. The van der Waals surface area contributed by atoms with E-state index in [0.29, 0.717) is 17.5 Å². The molecular weight excluding hydrogens is 715 g/mol. The minimum atomic E-state index is 0.618. The summed E-state index contributed by atoms with van der Waals surface area (Å²) in [6.45, 7) is 0. The van der Waals surface area contributed by atoms with Crippen LogP contribution in [-0.4, -0.2) is 24.1 Å². The van der Waals surface area contributed by atoms with Crippen LogP contribution in [-0.2, 0) is 0 Å². The summed E-state index contributed by atoms with van der Waals surface area (Å²) in [5.41, 5.74) is 9.50. The second-order valence-corrected chi connectivity index (χ2v) is 15.5. The number of hydrogen-bond donors (Lipinski definition) is 0. The number of benzene rings is 8. The molecule has 0 N–H and O–H groups in total. The first-order chi connectivity index (χ1) is 28.3. The number of para-hydroxylation sites is 4. The minimum Gasteiger partial charge on any atom is -0.307 e. The first-order valence-corrected chi connectivity index (χ1v) is 19.9. The van der Waals surface area contributed by atoms with E-state index in [9.17, 15) is 0 Å². The van der Waals surface area contributed by atoms with E-state index in [-0.39, 0.29) is 0 Å². The van der Waals surface area contributed by atoms with E-state index in [4.69, 9.17) is 15.0 Å². The molecule has 4 aromatic heterocycles. The molecule has 12 rings (SSSR count). The summed E-state index contributed by atoms with van der Waals surface area (Å²) in [6.07, 6.45) is 0. The lowest BCUT2D eigenvalue weighted by Gasteiger charge is -2.16. The molecule has 0 aliphatic heterocycles. The minimum absolute atomic E-state index is 0.618. The zero-order valence-corrected chi connectivity index (χ0v) is 31.4. The van der Waals surface area contributed by atoms with Gasteiger partial charge in [-0.1, -0.05) is 140 Å². The fraction of sp³-hybridized carbons (Fsp3) is 0. The van der Waals surface area contributed by atoms with Crippen molar-refractivity contribution in [2.24, 2.45) is 0 Å². The number of thiophene rings is 1. The smallest absolute Gasteiger partial charge is 0.166 e. The van der Waals surface area contributed by atoms with Crippen molar-refractivity contribution in [1.29, 1.82) is 0 Å². The van der Waals surface area contributed by atoms with Crippen molar-refractivity contribution >= 4 is 75.1 Å². The van der Waals surface area contributed by atoms with Gasteiger partial charge in [-0.15, -0.1) is 11.3 Å². The Labute approximate surface area is 331 Å². The largest absolute Gasteiger partial charge is 0.307 e. The molecule has 4 heterocycles. The van der Waals surface area contributed by atoms with Gasteiger partial charge in [0, 0.05) is 64.1 Å². The Hall–Kier alpha value is -7.41. The summed E-state index contributed by atoms with van der Waals surface area (Å²) in [5, 5.41) is 7.30. The fourth-order valence-electron chi connectivity index (χ4n) is 8.66. The van der Waals surface area contributed by atoms with Crippen LogP contribution in [0.4, 0.5) is 0 Å². The molecule has 0 saturated carbocycles. The van der Waals surface area contributed by atoms with Crippen molar-refractivity contribution in [3.8, 4) is 45.5 Å². The van der Waals surface area contributed by atoms with Crippen molar-refractivity contribution in [2.75, 3.05) is 0 Å². The Morgan fingerprint density at radius 2 is 0.877 bits per heavy atom. The van der Waals surface area contributed by atoms with Crippen molar-refractivity contribution in [1.82, 2.24) is 24.1 Å². The van der Waals surface area contributed by atoms with E-state index >= 15 is 0 Å². The monoisotopic (exact) mass is 745 g/mol. The number of nitrogens with zero attached hydrogens (tertiary/aromatic N) is 5. The highest BCUT2D eigenvalue weighted by Gasteiger charge is 2.23. The highest BCUT2D eigenvalue weighted by atomic mass is 32.1. The molecule has 266 valence electrons. The van der Waals surface area contributed by atoms with Gasteiger partial charge in [-0.25, -0.2) is 15.0 Å². The summed E-state index contributed by atoms with van der Waals surface area (Å²) in [7, 11) is 0. The lowest BCUT2D eigenvalue weighted by atomic mass is 10.1. The van der Waals surface area contributed by atoms with Crippen LogP contribution in [0.2, 0.25) is 0 Å². The molecule has 0 unspecified atom stereocenters. The Morgan fingerprint density at radius 1 is 0.351 bits per heavy atom. The molecule has 5 nitrogen and oxygen atoms in total. The molecule has 0 spiro atoms. The van der Waals surface area contributed by atoms with Gasteiger partial charge in [0.05, 0.1) is 27.8 Å². The third-order valence-corrected chi connectivity index (χ3v) is 12.3. The highest BCUT2D eigenvalue weighted by molar-refractivity contribution is 7.25. The van der Waals surface area contributed by atoms with Gasteiger partial charge in [-0.05, 0) is 48.5 Å². The van der Waals surface area contributed by atoms with Crippen molar-refractivity contribution in [3.05, 3.63) is 188 Å². The summed E-state index contributed by atoms with van der Waals surface area (Å²) < 4.78 is 7.33. The van der Waals surface area contributed by atoms with Crippen LogP contribution < -0.4 is 0 Å². The van der Waals surface area contributed by atoms with Crippen molar-refractivity contribution < 1.29 is 0 Å². The molecule has 0 radical (unpaired) electrons. The Bertz CT molecular complexity index is 3520. The molecule has 0 saturated heterocycles. The standard InChI is InChI=1S/C51H31N5S/c1-3-15-32(16-4-1)49-52-50(33-27-28-38-37-21-10-14-26-45(37)57-46(38)31-33)54-51(53-49)41-22-9-13-25-44(41)56-43-24-12-8-20-36(43)40-30-29-39-35-19-7-11-23-42(35)55(47(39)48(40)56)34-17-5-2-6-18-34/h1-31H. The quantitative estimate of drug-likeness (QED) is 0.176. The van der Waals surface area contributed by atoms with E-state index in [1.54, 1.807) is 11.3 Å². The maximum absolute atomic E-state index is 5.32. The van der Waals surface area contributed by atoms with Crippen molar-refractivity contribution in [2.45, 2.75) is 0 Å². The van der Waals surface area contributed by atoms with Crippen molar-refractivity contribution in [3.63, 3.8) is 0 Å². The average Bonchev–Trinajstić information content (AvgIpc) is 3.94. The van der Waals surface area contributed by atoms with Crippen LogP contribution >= 0.6 is 11.3 Å². The van der Waals surface area contributed by atoms with Gasteiger partial charge in [0.1, 0.15) is 0 Å². The molecule has 0 atom stereocenters. The van der Waals surface area contributed by atoms with Gasteiger partial charge in [0.25, 0.3) is 0 Å². The molecule has 8 aromatic carbocycles. The molecule has 6 heteroatoms. The van der Waals surface area contributed by atoms with Gasteiger partial charge < -0.3 is 9.13 Å². The van der Waals surface area contributed by atoms with E-state index in [0.717, 1.165) is 44.6 Å². The number of fused-ring (bicyclic) bond motifs is 10. The predicted molar refractivity (Wildman–Crippen MR) is 238 cm³/mol. The molecular formula is C51H31N5S. The SMILES string of the molecule is c1ccc(-c2nc(-c3ccc4c(c3)sc3ccccc34)nc(-c3ccccc3-n3c4ccccc4c4ccc5c6ccccc6n(-c6ccccc6)c5c43)n2)cc1. The zero-order valence-electron chi connectivity index (χ0n) is 30.5. The third-order valence-electron chi connectivity index (χ3n) is 11.2. The van der Waals surface area contributed by atoms with Crippen LogP contribution in [0.25, 0.3) is 109 Å². The Kier molecular flexibility index (Phi) is 7.03. The van der Waals surface area contributed by atoms with Crippen LogP contribution in [0.15, 0.2) is 188 Å². The first-order valence-electron chi connectivity index (χ1n) is 19.1. The number of aromatic nitrogens is 5. The molecule has 0 amide bonds. The van der Waals surface area contributed by atoms with Crippen LogP contribution in [0, 0.1) is 0 Å². The van der Waals surface area contributed by atoms with E-state index in [2.05, 4.69) is 179 Å². The molecule has 0 fully saturated rings. The third kappa shape index (κ3) is 4.91. The topological polar surface area (TPSA) is 48.5 Å². The van der Waals surface area contributed by atoms with E-state index in [1.165, 1.54) is 47.2 Å². The lowest BCUT2D eigenvalue weighted by Crippen LogP contribution is -2.04. The summed E-state index contributed by atoms with van der Waals surface area (Å²) >= 11 is 1.80. The molecule has 0 aliphatic carbocycles. The maximum Gasteiger partial charge on any atom is 0.166 e. The summed E-state index contributed by atoms with van der Waals surface area (Å²) in [4.78, 5) is 15.7. The average molecular weight is 746 g/mol. The predicted octanol–water partition coefficient (Wildman–Crippen LogP) is 13.4. The Morgan fingerprint density at radius 3 is 1.63 bits per heavy atom. The van der Waals surface area contributed by atoms with Crippen LogP contribution in [0.5, 0.6) is 0 Å². The van der Waals surface area contributed by atoms with Gasteiger partial charge in [0.15, 0.2) is 17.5 Å². The van der Waals surface area contributed by atoms with E-state index < -0.39 is 0 Å². The molecule has 12 aromatic rings. The second-order valence-electron chi connectivity index (χ2n) is 14.4.